The van der Waals surface area contributed by atoms with Crippen molar-refractivity contribution in [3.63, 3.8) is 0 Å². The highest BCUT2D eigenvalue weighted by Crippen LogP contribution is 2.29. The molecule has 0 radical (unpaired) electrons. The molecule has 0 spiro atoms. The highest BCUT2D eigenvalue weighted by atomic mass is 35.5. The minimum Gasteiger partial charge on any atom is -0.456 e. The van der Waals surface area contributed by atoms with E-state index in [4.69, 9.17) is 21.1 Å². The van der Waals surface area contributed by atoms with E-state index in [1.165, 1.54) is 18.2 Å². The number of carbonyl (C=O) groups excluding carboxylic acids is 2. The van der Waals surface area contributed by atoms with Gasteiger partial charge in [-0.1, -0.05) is 66.2 Å². The van der Waals surface area contributed by atoms with E-state index in [0.29, 0.717) is 16.1 Å². The Morgan fingerprint density at radius 3 is 2.17 bits per heavy atom. The number of rotatable bonds is 7. The molecule has 7 heteroatoms. The highest BCUT2D eigenvalue weighted by molar-refractivity contribution is 6.30. The molecule has 0 fully saturated rings. The van der Waals surface area contributed by atoms with Gasteiger partial charge in [0.1, 0.15) is 29.2 Å². The van der Waals surface area contributed by atoms with Gasteiger partial charge in [0.25, 0.3) is 0 Å². The van der Waals surface area contributed by atoms with Gasteiger partial charge in [-0.15, -0.1) is 0 Å². The Bertz CT molecular complexity index is 1500. The van der Waals surface area contributed by atoms with Crippen LogP contribution in [0.4, 0.5) is 0 Å². The van der Waals surface area contributed by atoms with Gasteiger partial charge >= 0.3 is 5.97 Å². The molecule has 0 amide bonds. The molecule has 0 saturated carbocycles. The number of hydrogen-bond donors (Lipinski definition) is 0. The number of benzene rings is 4. The summed E-state index contributed by atoms with van der Waals surface area (Å²) in [5, 5.41) is 19.1. The lowest BCUT2D eigenvalue weighted by molar-refractivity contribution is 0.0280. The Labute approximate surface area is 212 Å². The molecule has 0 aliphatic carbocycles. The minimum absolute atomic E-state index is 0.0873. The van der Waals surface area contributed by atoms with Crippen LogP contribution < -0.4 is 4.74 Å². The zero-order valence-electron chi connectivity index (χ0n) is 18.7. The average molecular weight is 493 g/mol. The first-order valence-electron chi connectivity index (χ1n) is 10.8. The van der Waals surface area contributed by atoms with E-state index in [-0.39, 0.29) is 34.0 Å². The van der Waals surface area contributed by atoms with E-state index in [0.717, 1.165) is 0 Å². The van der Waals surface area contributed by atoms with Crippen LogP contribution in [-0.4, -0.2) is 11.8 Å². The average Bonchev–Trinajstić information content (AvgIpc) is 2.92. The first kappa shape index (κ1) is 24.2. The second-order valence-corrected chi connectivity index (χ2v) is 8.04. The lowest BCUT2D eigenvalue weighted by Gasteiger charge is -2.18. The number of hydrogen-bond acceptors (Lipinski definition) is 6. The molecule has 0 unspecified atom stereocenters. The van der Waals surface area contributed by atoms with Gasteiger partial charge in [-0.25, -0.2) is 4.79 Å². The lowest BCUT2D eigenvalue weighted by atomic mass is 9.99. The van der Waals surface area contributed by atoms with Crippen LogP contribution in [0.25, 0.3) is 0 Å². The van der Waals surface area contributed by atoms with Crippen molar-refractivity contribution in [3.8, 4) is 23.6 Å². The third-order valence-corrected chi connectivity index (χ3v) is 5.50. The summed E-state index contributed by atoms with van der Waals surface area (Å²) in [6.07, 6.45) is -1.20. The van der Waals surface area contributed by atoms with E-state index in [9.17, 15) is 20.1 Å². The molecule has 0 saturated heterocycles. The molecule has 0 aromatic heterocycles. The second kappa shape index (κ2) is 11.0. The molecule has 0 heterocycles. The van der Waals surface area contributed by atoms with Crippen LogP contribution in [0.5, 0.6) is 11.5 Å². The smallest absolute Gasteiger partial charge is 0.339 e. The molecule has 36 heavy (non-hydrogen) atoms. The topological polar surface area (TPSA) is 100 Å². The Balaban J connectivity index is 1.62. The van der Waals surface area contributed by atoms with Crippen LogP contribution in [-0.2, 0) is 4.74 Å². The summed E-state index contributed by atoms with van der Waals surface area (Å²) in [6, 6.07) is 29.8. The SMILES string of the molecule is N#Cc1cccc(Oc2cccc(C(=O)O[C@H](C(=O)c3ccccc3)c3ccc(Cl)cc3)c2)c1C#N. The Morgan fingerprint density at radius 1 is 0.778 bits per heavy atom. The maximum absolute atomic E-state index is 13.2. The molecular weight excluding hydrogens is 476 g/mol. The van der Waals surface area contributed by atoms with Crippen molar-refractivity contribution in [2.24, 2.45) is 0 Å². The summed E-state index contributed by atoms with van der Waals surface area (Å²) in [7, 11) is 0. The number of nitriles is 2. The molecule has 0 aliphatic heterocycles. The third-order valence-electron chi connectivity index (χ3n) is 5.25. The molecule has 4 rings (SSSR count). The molecule has 4 aromatic carbocycles. The molecule has 6 nitrogen and oxygen atoms in total. The van der Waals surface area contributed by atoms with Crippen LogP contribution in [0, 0.1) is 22.7 Å². The van der Waals surface area contributed by atoms with Crippen molar-refractivity contribution in [1.29, 1.82) is 10.5 Å². The van der Waals surface area contributed by atoms with Crippen LogP contribution in [0.15, 0.2) is 97.1 Å². The number of ketones is 1. The fourth-order valence-electron chi connectivity index (χ4n) is 3.48. The van der Waals surface area contributed by atoms with Crippen LogP contribution in [0.1, 0.15) is 43.5 Å². The fraction of sp³-hybridized carbons (Fsp3) is 0.0345. The van der Waals surface area contributed by atoms with Gasteiger partial charge in [-0.05, 0) is 42.5 Å². The van der Waals surface area contributed by atoms with Gasteiger partial charge in [0.2, 0.25) is 5.78 Å². The summed E-state index contributed by atoms with van der Waals surface area (Å²) >= 11 is 5.99. The molecular formula is C29H17ClN2O4. The molecule has 0 bridgehead atoms. The number of carbonyl (C=O) groups is 2. The number of Topliss-reactive ketones (excluding diaryl/α,β-unsaturated/α-hetero) is 1. The molecule has 174 valence electrons. The van der Waals surface area contributed by atoms with Crippen molar-refractivity contribution < 1.29 is 19.1 Å². The first-order valence-corrected chi connectivity index (χ1v) is 11.1. The normalized spacial score (nSPS) is 11.0. The quantitative estimate of drug-likeness (QED) is 0.211. The minimum atomic E-state index is -1.20. The summed E-state index contributed by atoms with van der Waals surface area (Å²) in [4.78, 5) is 26.4. The fourth-order valence-corrected chi connectivity index (χ4v) is 3.60. The Hall–Kier alpha value is -4.91. The zero-order chi connectivity index (χ0) is 25.5. The maximum atomic E-state index is 13.2. The van der Waals surface area contributed by atoms with Gasteiger partial charge in [-0.3, -0.25) is 4.79 Å². The summed E-state index contributed by atoms with van der Waals surface area (Å²) in [5.41, 5.74) is 1.27. The molecule has 0 N–H and O–H groups in total. The second-order valence-electron chi connectivity index (χ2n) is 7.60. The van der Waals surface area contributed by atoms with Gasteiger partial charge < -0.3 is 9.47 Å². The van der Waals surface area contributed by atoms with Crippen molar-refractivity contribution in [2.75, 3.05) is 0 Å². The van der Waals surface area contributed by atoms with Crippen molar-refractivity contribution in [3.05, 3.63) is 130 Å². The largest absolute Gasteiger partial charge is 0.456 e. The van der Waals surface area contributed by atoms with Crippen LogP contribution in [0.3, 0.4) is 0 Å². The monoisotopic (exact) mass is 492 g/mol. The Kier molecular flexibility index (Phi) is 7.41. The van der Waals surface area contributed by atoms with E-state index >= 15 is 0 Å². The first-order chi connectivity index (χ1) is 17.5. The number of esters is 1. The van der Waals surface area contributed by atoms with Crippen molar-refractivity contribution in [1.82, 2.24) is 0 Å². The molecule has 0 aliphatic rings. The van der Waals surface area contributed by atoms with Crippen LogP contribution >= 0.6 is 11.6 Å². The van der Waals surface area contributed by atoms with Gasteiger partial charge in [0.05, 0.1) is 11.1 Å². The van der Waals surface area contributed by atoms with E-state index < -0.39 is 12.1 Å². The highest BCUT2D eigenvalue weighted by Gasteiger charge is 2.27. The van der Waals surface area contributed by atoms with Crippen molar-refractivity contribution in [2.45, 2.75) is 6.10 Å². The Morgan fingerprint density at radius 2 is 1.47 bits per heavy atom. The maximum Gasteiger partial charge on any atom is 0.339 e. The van der Waals surface area contributed by atoms with Crippen molar-refractivity contribution >= 4 is 23.4 Å². The predicted molar refractivity (Wildman–Crippen MR) is 133 cm³/mol. The number of ether oxygens (including phenoxy) is 2. The summed E-state index contributed by atoms with van der Waals surface area (Å²) < 4.78 is 11.5. The van der Waals surface area contributed by atoms with Gasteiger partial charge in [0.15, 0.2) is 6.10 Å². The van der Waals surface area contributed by atoms with Gasteiger partial charge in [0, 0.05) is 16.1 Å². The standard InChI is InChI=1S/C29H17ClN2O4/c30-23-14-12-20(13-15-23)28(27(33)19-6-2-1-3-7-19)36-29(34)21-8-4-10-24(16-21)35-26-11-5-9-22(17-31)25(26)18-32/h1-16,28H/t28-/m0/s1. The number of halogens is 1. The number of nitrogens with zero attached hydrogens (tertiary/aromatic N) is 2. The van der Waals surface area contributed by atoms with Gasteiger partial charge in [-0.2, -0.15) is 10.5 Å². The van der Waals surface area contributed by atoms with E-state index in [1.54, 1.807) is 78.9 Å². The molecule has 1 atom stereocenters. The summed E-state index contributed by atoms with van der Waals surface area (Å²) in [5.74, 6) is -0.685. The third kappa shape index (κ3) is 5.42. The lowest BCUT2D eigenvalue weighted by Crippen LogP contribution is -2.20. The predicted octanol–water partition coefficient (Wildman–Crippen LogP) is 6.66. The molecule has 4 aromatic rings. The summed E-state index contributed by atoms with van der Waals surface area (Å²) in [6.45, 7) is 0. The van der Waals surface area contributed by atoms with E-state index in [1.807, 2.05) is 12.1 Å². The zero-order valence-corrected chi connectivity index (χ0v) is 19.5. The van der Waals surface area contributed by atoms with E-state index in [2.05, 4.69) is 0 Å². The van der Waals surface area contributed by atoms with Crippen LogP contribution in [0.2, 0.25) is 5.02 Å².